The molecular formula is C20H23N3O. The fourth-order valence-corrected chi connectivity index (χ4v) is 2.84. The summed E-state index contributed by atoms with van der Waals surface area (Å²) in [7, 11) is 4.09. The molecule has 0 atom stereocenters. The third-order valence-corrected chi connectivity index (χ3v) is 4.16. The predicted molar refractivity (Wildman–Crippen MR) is 99.3 cm³/mol. The maximum atomic E-state index is 13.0. The molecule has 0 aliphatic carbocycles. The summed E-state index contributed by atoms with van der Waals surface area (Å²) in [4.78, 5) is 19.9. The van der Waals surface area contributed by atoms with E-state index in [0.29, 0.717) is 11.9 Å². The van der Waals surface area contributed by atoms with E-state index >= 15 is 0 Å². The molecule has 1 aromatic heterocycles. The van der Waals surface area contributed by atoms with E-state index in [1.165, 1.54) is 5.56 Å². The summed E-state index contributed by atoms with van der Waals surface area (Å²) in [5.41, 5.74) is 2.96. The summed E-state index contributed by atoms with van der Waals surface area (Å²) in [6, 6.07) is 15.8. The average molecular weight is 321 g/mol. The second-order valence-electron chi connectivity index (χ2n) is 6.43. The van der Waals surface area contributed by atoms with Crippen molar-refractivity contribution in [3.63, 3.8) is 0 Å². The summed E-state index contributed by atoms with van der Waals surface area (Å²) in [5, 5.41) is 0.679. The Kier molecular flexibility index (Phi) is 4.76. The molecule has 0 unspecified atom stereocenters. The molecule has 24 heavy (non-hydrogen) atoms. The van der Waals surface area contributed by atoms with Crippen LogP contribution in [0.2, 0.25) is 0 Å². The maximum Gasteiger partial charge on any atom is 0.261 e. The summed E-state index contributed by atoms with van der Waals surface area (Å²) >= 11 is 0. The van der Waals surface area contributed by atoms with Crippen molar-refractivity contribution < 1.29 is 0 Å². The normalized spacial score (nSPS) is 11.3. The van der Waals surface area contributed by atoms with Gasteiger partial charge in [-0.3, -0.25) is 9.36 Å². The molecule has 2 aromatic carbocycles. The summed E-state index contributed by atoms with van der Waals surface area (Å²) in [6.07, 6.45) is 0.909. The van der Waals surface area contributed by atoms with E-state index in [9.17, 15) is 4.79 Å². The molecule has 0 N–H and O–H groups in total. The predicted octanol–water partition coefficient (Wildman–Crippen LogP) is 3.32. The van der Waals surface area contributed by atoms with E-state index in [0.717, 1.165) is 29.9 Å². The largest absolute Gasteiger partial charge is 0.309 e. The molecule has 3 rings (SSSR count). The Bertz CT molecular complexity index is 895. The Morgan fingerprint density at radius 2 is 1.75 bits per heavy atom. The minimum atomic E-state index is 0.0370. The Hall–Kier alpha value is -2.46. The number of aromatic nitrogens is 2. The van der Waals surface area contributed by atoms with Gasteiger partial charge in [0.1, 0.15) is 5.82 Å². The average Bonchev–Trinajstić information content (AvgIpc) is 2.57. The van der Waals surface area contributed by atoms with Crippen LogP contribution in [-0.4, -0.2) is 35.1 Å². The minimum Gasteiger partial charge on any atom is -0.309 e. The highest BCUT2D eigenvalue weighted by molar-refractivity contribution is 5.79. The van der Waals surface area contributed by atoms with Crippen LogP contribution in [0, 0.1) is 6.92 Å². The topological polar surface area (TPSA) is 38.1 Å². The Balaban J connectivity index is 2.13. The molecule has 4 heteroatoms. The highest BCUT2D eigenvalue weighted by Crippen LogP contribution is 2.19. The summed E-state index contributed by atoms with van der Waals surface area (Å²) in [5.74, 6) is 0.748. The number of aryl methyl sites for hydroxylation is 1. The molecule has 0 spiro atoms. The highest BCUT2D eigenvalue weighted by atomic mass is 16.1. The van der Waals surface area contributed by atoms with Crippen molar-refractivity contribution in [3.05, 3.63) is 64.4 Å². The van der Waals surface area contributed by atoms with Crippen molar-refractivity contribution in [2.75, 3.05) is 20.6 Å². The fraction of sp³-hybridized carbons (Fsp3) is 0.300. The summed E-state index contributed by atoms with van der Waals surface area (Å²) in [6.45, 7) is 3.66. The molecule has 1 heterocycles. The first-order valence-corrected chi connectivity index (χ1v) is 8.27. The zero-order valence-electron chi connectivity index (χ0n) is 14.5. The lowest BCUT2D eigenvalue weighted by atomic mass is 10.1. The molecular weight excluding hydrogens is 298 g/mol. The van der Waals surface area contributed by atoms with Gasteiger partial charge in [-0.25, -0.2) is 4.98 Å². The van der Waals surface area contributed by atoms with Gasteiger partial charge in [0, 0.05) is 12.1 Å². The first-order chi connectivity index (χ1) is 11.6. The quantitative estimate of drug-likeness (QED) is 0.723. The van der Waals surface area contributed by atoms with Crippen molar-refractivity contribution in [2.45, 2.75) is 19.9 Å². The molecule has 0 aliphatic heterocycles. The van der Waals surface area contributed by atoms with Gasteiger partial charge in [0.15, 0.2) is 0 Å². The Morgan fingerprint density at radius 3 is 2.46 bits per heavy atom. The number of para-hydroxylation sites is 1. The maximum absolute atomic E-state index is 13.0. The van der Waals surface area contributed by atoms with Crippen molar-refractivity contribution >= 4 is 10.9 Å². The Labute approximate surface area is 142 Å². The van der Waals surface area contributed by atoms with Crippen molar-refractivity contribution in [1.82, 2.24) is 14.5 Å². The minimum absolute atomic E-state index is 0.0370. The zero-order valence-corrected chi connectivity index (χ0v) is 14.5. The number of rotatable bonds is 5. The van der Waals surface area contributed by atoms with E-state index in [4.69, 9.17) is 4.98 Å². The standard InChI is InChI=1S/C20H23N3O/c1-15-9-11-16(12-10-15)19-21-18-8-5-4-7-17(18)20(24)23(19)14-6-13-22(2)3/h4-5,7-12H,6,13-14H2,1-3H3. The monoisotopic (exact) mass is 321 g/mol. The molecule has 4 nitrogen and oxygen atoms in total. The van der Waals surface area contributed by atoms with Gasteiger partial charge in [-0.05, 0) is 46.1 Å². The Morgan fingerprint density at radius 1 is 1.04 bits per heavy atom. The number of fused-ring (bicyclic) bond motifs is 1. The van der Waals surface area contributed by atoms with Gasteiger partial charge in [0.25, 0.3) is 5.56 Å². The second-order valence-corrected chi connectivity index (χ2v) is 6.43. The third-order valence-electron chi connectivity index (χ3n) is 4.16. The molecule has 3 aromatic rings. The van der Waals surface area contributed by atoms with Gasteiger partial charge in [0.2, 0.25) is 0 Å². The van der Waals surface area contributed by atoms with Crippen molar-refractivity contribution in [1.29, 1.82) is 0 Å². The van der Waals surface area contributed by atoms with Gasteiger partial charge >= 0.3 is 0 Å². The zero-order chi connectivity index (χ0) is 17.1. The van der Waals surface area contributed by atoms with Crippen LogP contribution >= 0.6 is 0 Å². The van der Waals surface area contributed by atoms with E-state index in [1.807, 2.05) is 55.1 Å². The van der Waals surface area contributed by atoms with Crippen molar-refractivity contribution in [2.24, 2.45) is 0 Å². The van der Waals surface area contributed by atoms with Gasteiger partial charge < -0.3 is 4.90 Å². The van der Waals surface area contributed by atoms with Crippen LogP contribution in [-0.2, 0) is 6.54 Å². The van der Waals surface area contributed by atoms with E-state index in [2.05, 4.69) is 24.0 Å². The van der Waals surface area contributed by atoms with Crippen LogP contribution < -0.4 is 5.56 Å². The molecule has 0 amide bonds. The van der Waals surface area contributed by atoms with Gasteiger partial charge in [-0.2, -0.15) is 0 Å². The van der Waals surface area contributed by atoms with Crippen LogP contribution in [0.3, 0.4) is 0 Å². The molecule has 0 bridgehead atoms. The van der Waals surface area contributed by atoms with Crippen LogP contribution in [0.15, 0.2) is 53.3 Å². The van der Waals surface area contributed by atoms with Crippen LogP contribution in [0.4, 0.5) is 0 Å². The first-order valence-electron chi connectivity index (χ1n) is 8.27. The van der Waals surface area contributed by atoms with Gasteiger partial charge in [-0.1, -0.05) is 42.0 Å². The lowest BCUT2D eigenvalue weighted by Crippen LogP contribution is -2.25. The fourth-order valence-electron chi connectivity index (χ4n) is 2.84. The van der Waals surface area contributed by atoms with Crippen LogP contribution in [0.1, 0.15) is 12.0 Å². The molecule has 0 saturated heterocycles. The SMILES string of the molecule is Cc1ccc(-c2nc3ccccc3c(=O)n2CCCN(C)C)cc1. The summed E-state index contributed by atoms with van der Waals surface area (Å²) < 4.78 is 1.82. The molecule has 0 saturated carbocycles. The smallest absolute Gasteiger partial charge is 0.261 e. The number of hydrogen-bond donors (Lipinski definition) is 0. The molecule has 0 aliphatic rings. The van der Waals surface area contributed by atoms with E-state index in [1.54, 1.807) is 0 Å². The molecule has 124 valence electrons. The molecule has 0 radical (unpaired) electrons. The number of nitrogens with zero attached hydrogens (tertiary/aromatic N) is 3. The molecule has 0 fully saturated rings. The lowest BCUT2D eigenvalue weighted by molar-refractivity contribution is 0.385. The van der Waals surface area contributed by atoms with E-state index in [-0.39, 0.29) is 5.56 Å². The van der Waals surface area contributed by atoms with Gasteiger partial charge in [0.05, 0.1) is 10.9 Å². The van der Waals surface area contributed by atoms with Crippen LogP contribution in [0.5, 0.6) is 0 Å². The van der Waals surface area contributed by atoms with Crippen LogP contribution in [0.25, 0.3) is 22.3 Å². The second kappa shape index (κ2) is 6.97. The number of benzene rings is 2. The number of hydrogen-bond acceptors (Lipinski definition) is 3. The van der Waals surface area contributed by atoms with Gasteiger partial charge in [-0.15, -0.1) is 0 Å². The third kappa shape index (κ3) is 3.39. The van der Waals surface area contributed by atoms with Crippen molar-refractivity contribution in [3.8, 4) is 11.4 Å². The van der Waals surface area contributed by atoms with E-state index < -0.39 is 0 Å². The highest BCUT2D eigenvalue weighted by Gasteiger charge is 2.12. The lowest BCUT2D eigenvalue weighted by Gasteiger charge is -2.15. The first kappa shape index (κ1) is 16.4.